The number of hydrogen-bond acceptors (Lipinski definition) is 0. The lowest BCUT2D eigenvalue weighted by Crippen LogP contribution is -1.78. The Kier molecular flexibility index (Phi) is 8.94. The van der Waals surface area contributed by atoms with Crippen molar-refractivity contribution in [3.63, 3.8) is 0 Å². The SMILES string of the molecule is C1CCCC1.C1CCCC1.CC1CCCC1. The van der Waals surface area contributed by atoms with Crippen LogP contribution < -0.4 is 0 Å². The van der Waals surface area contributed by atoms with Crippen molar-refractivity contribution < 1.29 is 0 Å². The highest BCUT2D eigenvalue weighted by Crippen LogP contribution is 2.22. The van der Waals surface area contributed by atoms with E-state index in [-0.39, 0.29) is 0 Å². The van der Waals surface area contributed by atoms with Gasteiger partial charge in [-0.25, -0.2) is 0 Å². The Morgan fingerprint density at radius 2 is 0.688 bits per heavy atom. The largest absolute Gasteiger partial charge is 0.0625 e. The van der Waals surface area contributed by atoms with Crippen molar-refractivity contribution in [2.45, 2.75) is 96.8 Å². The highest BCUT2D eigenvalue weighted by Gasteiger charge is 2.07. The van der Waals surface area contributed by atoms with E-state index in [1.54, 1.807) is 0 Å². The van der Waals surface area contributed by atoms with Crippen LogP contribution in [0.1, 0.15) is 96.8 Å². The van der Waals surface area contributed by atoms with Crippen LogP contribution in [0.5, 0.6) is 0 Å². The minimum Gasteiger partial charge on any atom is -0.0625 e. The molecular weight excluding hydrogens is 192 g/mol. The molecule has 16 heavy (non-hydrogen) atoms. The van der Waals surface area contributed by atoms with Crippen molar-refractivity contribution in [1.82, 2.24) is 0 Å². The van der Waals surface area contributed by atoms with Crippen LogP contribution in [0.25, 0.3) is 0 Å². The van der Waals surface area contributed by atoms with Crippen LogP contribution in [-0.2, 0) is 0 Å². The molecule has 3 fully saturated rings. The molecule has 0 atom stereocenters. The van der Waals surface area contributed by atoms with Gasteiger partial charge in [-0.05, 0) is 5.92 Å². The third-order valence-electron chi connectivity index (χ3n) is 4.14. The van der Waals surface area contributed by atoms with Crippen LogP contribution in [0, 0.1) is 5.92 Å². The van der Waals surface area contributed by atoms with Crippen molar-refractivity contribution >= 4 is 0 Å². The summed E-state index contributed by atoms with van der Waals surface area (Å²) in [6.07, 6.45) is 20.9. The molecule has 0 N–H and O–H groups in total. The molecule has 0 unspecified atom stereocenters. The first-order valence-corrected chi connectivity index (χ1v) is 7.89. The quantitative estimate of drug-likeness (QED) is 0.466. The second-order valence-electron chi connectivity index (χ2n) is 5.93. The van der Waals surface area contributed by atoms with Crippen LogP contribution >= 0.6 is 0 Å². The van der Waals surface area contributed by atoms with E-state index in [0.29, 0.717) is 0 Å². The van der Waals surface area contributed by atoms with E-state index in [1.807, 2.05) is 0 Å². The van der Waals surface area contributed by atoms with Crippen LogP contribution in [-0.4, -0.2) is 0 Å². The van der Waals surface area contributed by atoms with Crippen LogP contribution in [0.2, 0.25) is 0 Å². The molecule has 0 bridgehead atoms. The van der Waals surface area contributed by atoms with E-state index in [0.717, 1.165) is 5.92 Å². The summed E-state index contributed by atoms with van der Waals surface area (Å²) < 4.78 is 0. The molecule has 0 heteroatoms. The molecule has 0 amide bonds. The molecule has 3 aliphatic rings. The minimum atomic E-state index is 1.05. The number of hydrogen-bond donors (Lipinski definition) is 0. The third kappa shape index (κ3) is 8.19. The Morgan fingerprint density at radius 3 is 0.812 bits per heavy atom. The van der Waals surface area contributed by atoms with Gasteiger partial charge in [0.25, 0.3) is 0 Å². The van der Waals surface area contributed by atoms with Gasteiger partial charge in [0.05, 0.1) is 0 Å². The fourth-order valence-corrected chi connectivity index (χ4v) is 2.90. The first-order valence-electron chi connectivity index (χ1n) is 7.89. The summed E-state index contributed by atoms with van der Waals surface area (Å²) in [4.78, 5) is 0. The van der Waals surface area contributed by atoms with Crippen LogP contribution in [0.3, 0.4) is 0 Å². The molecule has 3 rings (SSSR count). The smallest absolute Gasteiger partial charge is 0.0443 e. The molecule has 0 saturated heterocycles. The Labute approximate surface area is 103 Å². The third-order valence-corrected chi connectivity index (χ3v) is 4.14. The molecule has 3 aliphatic carbocycles. The van der Waals surface area contributed by atoms with Gasteiger partial charge in [-0.1, -0.05) is 96.8 Å². The van der Waals surface area contributed by atoms with Gasteiger partial charge in [-0.2, -0.15) is 0 Å². The molecule has 96 valence electrons. The van der Waals surface area contributed by atoms with Crippen LogP contribution in [0.15, 0.2) is 0 Å². The Balaban J connectivity index is 0.000000121. The minimum absolute atomic E-state index is 1.05. The van der Waals surface area contributed by atoms with Gasteiger partial charge in [0.15, 0.2) is 0 Å². The second kappa shape index (κ2) is 10.2. The van der Waals surface area contributed by atoms with E-state index in [9.17, 15) is 0 Å². The zero-order chi connectivity index (χ0) is 11.5. The lowest BCUT2D eigenvalue weighted by Gasteiger charge is -1.91. The van der Waals surface area contributed by atoms with Gasteiger partial charge < -0.3 is 0 Å². The average molecular weight is 224 g/mol. The maximum absolute atomic E-state index is 2.34. The summed E-state index contributed by atoms with van der Waals surface area (Å²) in [5.41, 5.74) is 0. The van der Waals surface area contributed by atoms with Crippen molar-refractivity contribution in [3.05, 3.63) is 0 Å². The molecule has 3 saturated carbocycles. The Hall–Kier alpha value is 0. The molecule has 0 nitrogen and oxygen atoms in total. The van der Waals surface area contributed by atoms with Gasteiger partial charge in [-0.3, -0.25) is 0 Å². The monoisotopic (exact) mass is 224 g/mol. The molecule has 0 aromatic rings. The van der Waals surface area contributed by atoms with E-state index in [2.05, 4.69) is 6.92 Å². The number of rotatable bonds is 0. The molecular formula is C16H32. The molecule has 0 radical (unpaired) electrons. The summed E-state index contributed by atoms with van der Waals surface area (Å²) >= 11 is 0. The predicted molar refractivity (Wildman–Crippen MR) is 73.8 cm³/mol. The van der Waals surface area contributed by atoms with Gasteiger partial charge >= 0.3 is 0 Å². The Morgan fingerprint density at radius 1 is 0.438 bits per heavy atom. The lowest BCUT2D eigenvalue weighted by molar-refractivity contribution is 0.612. The molecule has 0 aromatic carbocycles. The van der Waals surface area contributed by atoms with E-state index < -0.39 is 0 Å². The Bertz CT molecular complexity index is 99.8. The van der Waals surface area contributed by atoms with Gasteiger partial charge in [-0.15, -0.1) is 0 Å². The summed E-state index contributed by atoms with van der Waals surface area (Å²) in [6, 6.07) is 0. The van der Waals surface area contributed by atoms with Crippen molar-refractivity contribution in [2.75, 3.05) is 0 Å². The summed E-state index contributed by atoms with van der Waals surface area (Å²) in [5.74, 6) is 1.05. The standard InChI is InChI=1S/C6H12.2C5H10/c1-6-4-2-3-5-6;2*1-2-4-5-3-1/h6H,2-5H2,1H3;2*1-5H2. The average Bonchev–Trinajstić information content (AvgIpc) is 3.07. The van der Waals surface area contributed by atoms with Crippen molar-refractivity contribution in [1.29, 1.82) is 0 Å². The summed E-state index contributed by atoms with van der Waals surface area (Å²) in [5, 5.41) is 0. The topological polar surface area (TPSA) is 0 Å². The normalized spacial score (nSPS) is 24.6. The summed E-state index contributed by atoms with van der Waals surface area (Å²) in [6.45, 7) is 2.34. The fraction of sp³-hybridized carbons (Fsp3) is 1.00. The highest BCUT2D eigenvalue weighted by atomic mass is 14.1. The van der Waals surface area contributed by atoms with E-state index in [4.69, 9.17) is 0 Å². The van der Waals surface area contributed by atoms with Crippen molar-refractivity contribution in [2.24, 2.45) is 5.92 Å². The van der Waals surface area contributed by atoms with E-state index >= 15 is 0 Å². The summed E-state index contributed by atoms with van der Waals surface area (Å²) in [7, 11) is 0. The highest BCUT2D eigenvalue weighted by molar-refractivity contribution is 4.60. The van der Waals surface area contributed by atoms with Crippen LogP contribution in [0.4, 0.5) is 0 Å². The first kappa shape index (κ1) is 14.1. The van der Waals surface area contributed by atoms with Gasteiger partial charge in [0.1, 0.15) is 0 Å². The van der Waals surface area contributed by atoms with Crippen molar-refractivity contribution in [3.8, 4) is 0 Å². The maximum Gasteiger partial charge on any atom is -0.0443 e. The maximum atomic E-state index is 2.34. The lowest BCUT2D eigenvalue weighted by atomic mass is 10.2. The predicted octanol–water partition coefficient (Wildman–Crippen LogP) is 6.10. The zero-order valence-corrected chi connectivity index (χ0v) is 11.5. The fourth-order valence-electron chi connectivity index (χ4n) is 2.90. The second-order valence-corrected chi connectivity index (χ2v) is 5.93. The molecule has 0 spiro atoms. The van der Waals surface area contributed by atoms with Gasteiger partial charge in [0, 0.05) is 0 Å². The first-order chi connectivity index (χ1) is 7.89. The van der Waals surface area contributed by atoms with Gasteiger partial charge in [0.2, 0.25) is 0 Å². The zero-order valence-electron chi connectivity index (χ0n) is 11.5. The molecule has 0 heterocycles. The molecule has 0 aromatic heterocycles. The molecule has 0 aliphatic heterocycles. The van der Waals surface area contributed by atoms with E-state index in [1.165, 1.54) is 89.9 Å².